The fourth-order valence-corrected chi connectivity index (χ4v) is 3.24. The summed E-state index contributed by atoms with van der Waals surface area (Å²) in [4.78, 5) is 0. The van der Waals surface area contributed by atoms with Crippen LogP contribution < -0.4 is 0 Å². The molecule has 1 aromatic heterocycles. The monoisotopic (exact) mass is 285 g/mol. The van der Waals surface area contributed by atoms with Crippen molar-refractivity contribution in [3.63, 3.8) is 0 Å². The zero-order valence-corrected chi connectivity index (χ0v) is 10.2. The second-order valence-corrected chi connectivity index (χ2v) is 4.69. The molecule has 1 heterocycles. The highest BCUT2D eigenvalue weighted by atomic mass is 79.9. The Balaban J connectivity index is 2.84. The standard InChI is InChI=1S/C10H5BrClNS/c11-3-7-1-6(4-13)2-8-9(12)5-14-10(7)8/h1-2,5H,3H2. The SMILES string of the molecule is N#Cc1cc(CBr)c2scc(Cl)c2c1. The molecule has 0 spiro atoms. The van der Waals surface area contributed by atoms with Gasteiger partial charge in [0.15, 0.2) is 0 Å². The van der Waals surface area contributed by atoms with E-state index < -0.39 is 0 Å². The molecule has 0 bridgehead atoms. The van der Waals surface area contributed by atoms with Gasteiger partial charge in [-0.3, -0.25) is 0 Å². The van der Waals surface area contributed by atoms with Gasteiger partial charge in [-0.25, -0.2) is 0 Å². The van der Waals surface area contributed by atoms with Crippen LogP contribution in [0.2, 0.25) is 5.02 Å². The fourth-order valence-electron chi connectivity index (χ4n) is 1.34. The molecular formula is C10H5BrClNS. The summed E-state index contributed by atoms with van der Waals surface area (Å²) < 4.78 is 1.16. The summed E-state index contributed by atoms with van der Waals surface area (Å²) in [5, 5.41) is 13.2. The van der Waals surface area contributed by atoms with Crippen LogP contribution >= 0.6 is 38.9 Å². The third-order valence-corrected chi connectivity index (χ3v) is 4.09. The average Bonchev–Trinajstić information content (AvgIpc) is 2.59. The zero-order valence-electron chi connectivity index (χ0n) is 7.05. The van der Waals surface area contributed by atoms with E-state index >= 15 is 0 Å². The van der Waals surface area contributed by atoms with Crippen molar-refractivity contribution < 1.29 is 0 Å². The molecule has 0 unspecified atom stereocenters. The molecule has 0 amide bonds. The van der Waals surface area contributed by atoms with Gasteiger partial charge in [0.1, 0.15) is 0 Å². The molecule has 2 aromatic rings. The Labute approximate surface area is 99.0 Å². The molecule has 0 radical (unpaired) electrons. The maximum absolute atomic E-state index is 8.84. The Morgan fingerprint density at radius 1 is 1.50 bits per heavy atom. The fraction of sp³-hybridized carbons (Fsp3) is 0.100. The molecule has 0 aliphatic carbocycles. The van der Waals surface area contributed by atoms with E-state index in [2.05, 4.69) is 22.0 Å². The van der Waals surface area contributed by atoms with Gasteiger partial charge in [-0.15, -0.1) is 11.3 Å². The number of hydrogen-bond acceptors (Lipinski definition) is 2. The molecule has 0 atom stereocenters. The molecule has 2 rings (SSSR count). The summed E-state index contributed by atoms with van der Waals surface area (Å²) >= 11 is 11.0. The molecule has 1 aromatic carbocycles. The molecule has 70 valence electrons. The van der Waals surface area contributed by atoms with Crippen LogP contribution in [-0.4, -0.2) is 0 Å². The number of nitriles is 1. The Kier molecular flexibility index (Phi) is 2.78. The highest BCUT2D eigenvalue weighted by Crippen LogP contribution is 2.34. The summed E-state index contributed by atoms with van der Waals surface area (Å²) in [7, 11) is 0. The predicted octanol–water partition coefficient (Wildman–Crippen LogP) is 4.32. The minimum absolute atomic E-state index is 0.659. The molecule has 0 aliphatic heterocycles. The van der Waals surface area contributed by atoms with Crippen LogP contribution in [0.15, 0.2) is 17.5 Å². The van der Waals surface area contributed by atoms with E-state index in [0.717, 1.165) is 26.0 Å². The smallest absolute Gasteiger partial charge is 0.0991 e. The summed E-state index contributed by atoms with van der Waals surface area (Å²) in [6, 6.07) is 5.86. The van der Waals surface area contributed by atoms with E-state index in [9.17, 15) is 0 Å². The first kappa shape index (κ1) is 9.97. The molecule has 0 N–H and O–H groups in total. The van der Waals surface area contributed by atoms with Crippen LogP contribution in [-0.2, 0) is 5.33 Å². The quantitative estimate of drug-likeness (QED) is 0.716. The van der Waals surface area contributed by atoms with E-state index in [-0.39, 0.29) is 0 Å². The zero-order chi connectivity index (χ0) is 10.1. The van der Waals surface area contributed by atoms with Crippen LogP contribution in [0.1, 0.15) is 11.1 Å². The first-order valence-electron chi connectivity index (χ1n) is 3.92. The number of rotatable bonds is 1. The number of nitrogens with zero attached hydrogens (tertiary/aromatic N) is 1. The van der Waals surface area contributed by atoms with Gasteiger partial charge < -0.3 is 0 Å². The molecule has 0 fully saturated rings. The number of hydrogen-bond donors (Lipinski definition) is 0. The number of benzene rings is 1. The van der Waals surface area contributed by atoms with E-state index in [0.29, 0.717) is 5.56 Å². The van der Waals surface area contributed by atoms with Gasteiger partial charge in [0.25, 0.3) is 0 Å². The summed E-state index contributed by atoms with van der Waals surface area (Å²) in [6.07, 6.45) is 0. The van der Waals surface area contributed by atoms with Crippen molar-refractivity contribution >= 4 is 49.0 Å². The normalized spacial score (nSPS) is 10.4. The molecule has 0 aliphatic rings. The topological polar surface area (TPSA) is 23.8 Å². The molecular weight excluding hydrogens is 282 g/mol. The number of halogens is 2. The predicted molar refractivity (Wildman–Crippen MR) is 64.2 cm³/mol. The van der Waals surface area contributed by atoms with Gasteiger partial charge in [-0.2, -0.15) is 5.26 Å². The van der Waals surface area contributed by atoms with Gasteiger partial charge in [0.05, 0.1) is 16.7 Å². The van der Waals surface area contributed by atoms with Gasteiger partial charge in [0, 0.05) is 20.8 Å². The number of fused-ring (bicyclic) bond motifs is 1. The van der Waals surface area contributed by atoms with Crippen LogP contribution in [0.4, 0.5) is 0 Å². The Hall–Kier alpha value is -0.560. The summed E-state index contributed by atoms with van der Waals surface area (Å²) in [5.74, 6) is 0. The minimum Gasteiger partial charge on any atom is -0.192 e. The first-order valence-corrected chi connectivity index (χ1v) is 6.30. The van der Waals surface area contributed by atoms with Crippen molar-refractivity contribution in [2.24, 2.45) is 0 Å². The first-order chi connectivity index (χ1) is 6.76. The van der Waals surface area contributed by atoms with Crippen molar-refractivity contribution in [2.75, 3.05) is 0 Å². The second-order valence-electron chi connectivity index (χ2n) is 2.84. The largest absolute Gasteiger partial charge is 0.192 e. The van der Waals surface area contributed by atoms with Gasteiger partial charge in [0.2, 0.25) is 0 Å². The molecule has 14 heavy (non-hydrogen) atoms. The highest BCUT2D eigenvalue weighted by Gasteiger charge is 2.08. The lowest BCUT2D eigenvalue weighted by molar-refractivity contribution is 1.45. The lowest BCUT2D eigenvalue weighted by Crippen LogP contribution is -1.81. The van der Waals surface area contributed by atoms with Crippen molar-refractivity contribution in [3.8, 4) is 6.07 Å². The maximum Gasteiger partial charge on any atom is 0.0991 e. The second kappa shape index (κ2) is 3.90. The van der Waals surface area contributed by atoms with Crippen LogP contribution in [0.25, 0.3) is 10.1 Å². The third kappa shape index (κ3) is 1.54. The van der Waals surface area contributed by atoms with Gasteiger partial charge >= 0.3 is 0 Å². The van der Waals surface area contributed by atoms with Crippen molar-refractivity contribution in [1.29, 1.82) is 5.26 Å². The molecule has 4 heteroatoms. The van der Waals surface area contributed by atoms with Gasteiger partial charge in [-0.05, 0) is 17.7 Å². The van der Waals surface area contributed by atoms with Crippen LogP contribution in [0.3, 0.4) is 0 Å². The Morgan fingerprint density at radius 3 is 2.93 bits per heavy atom. The van der Waals surface area contributed by atoms with E-state index in [1.54, 1.807) is 11.3 Å². The lowest BCUT2D eigenvalue weighted by Gasteiger charge is -1.99. The van der Waals surface area contributed by atoms with Crippen molar-refractivity contribution in [2.45, 2.75) is 5.33 Å². The number of thiophene rings is 1. The van der Waals surface area contributed by atoms with E-state index in [1.165, 1.54) is 0 Å². The Bertz CT molecular complexity index is 527. The van der Waals surface area contributed by atoms with E-state index in [4.69, 9.17) is 16.9 Å². The third-order valence-electron chi connectivity index (χ3n) is 1.98. The molecule has 0 saturated carbocycles. The number of alkyl halides is 1. The maximum atomic E-state index is 8.84. The highest BCUT2D eigenvalue weighted by molar-refractivity contribution is 9.08. The minimum atomic E-state index is 0.659. The van der Waals surface area contributed by atoms with E-state index in [1.807, 2.05) is 17.5 Å². The molecule has 0 saturated heterocycles. The average molecular weight is 287 g/mol. The van der Waals surface area contributed by atoms with Crippen molar-refractivity contribution in [3.05, 3.63) is 33.7 Å². The lowest BCUT2D eigenvalue weighted by atomic mass is 10.1. The Morgan fingerprint density at radius 2 is 2.29 bits per heavy atom. The summed E-state index contributed by atoms with van der Waals surface area (Å²) in [5.41, 5.74) is 1.78. The van der Waals surface area contributed by atoms with Crippen LogP contribution in [0.5, 0.6) is 0 Å². The van der Waals surface area contributed by atoms with Crippen molar-refractivity contribution in [1.82, 2.24) is 0 Å². The van der Waals surface area contributed by atoms with Gasteiger partial charge in [-0.1, -0.05) is 27.5 Å². The molecule has 1 nitrogen and oxygen atoms in total. The summed E-state index contributed by atoms with van der Waals surface area (Å²) in [6.45, 7) is 0. The van der Waals surface area contributed by atoms with Crippen LogP contribution in [0, 0.1) is 11.3 Å².